The van der Waals surface area contributed by atoms with E-state index < -0.39 is 10.0 Å². The van der Waals surface area contributed by atoms with Crippen LogP contribution in [0.25, 0.3) is 0 Å². The van der Waals surface area contributed by atoms with Gasteiger partial charge in [0, 0.05) is 44.0 Å². The van der Waals surface area contributed by atoms with E-state index in [-0.39, 0.29) is 17.0 Å². The van der Waals surface area contributed by atoms with Crippen LogP contribution in [0.3, 0.4) is 0 Å². The Balaban J connectivity index is 1.74. The van der Waals surface area contributed by atoms with E-state index in [0.29, 0.717) is 36.8 Å². The highest BCUT2D eigenvalue weighted by Gasteiger charge is 2.36. The predicted molar refractivity (Wildman–Crippen MR) is 99.0 cm³/mol. The summed E-state index contributed by atoms with van der Waals surface area (Å²) in [7, 11) is -3.70. The molecule has 2 unspecified atom stereocenters. The van der Waals surface area contributed by atoms with E-state index in [1.165, 1.54) is 10.4 Å². The average Bonchev–Trinajstić information content (AvgIpc) is 3.03. The molecule has 6 nitrogen and oxygen atoms in total. The number of ether oxygens (including phenoxy) is 1. The summed E-state index contributed by atoms with van der Waals surface area (Å²) in [5, 5.41) is 3.61. The van der Waals surface area contributed by atoms with Crippen LogP contribution in [0.2, 0.25) is 5.02 Å². The zero-order chi connectivity index (χ0) is 18.3. The SMILES string of the molecule is CC1Cc2cc(S(=O)(=O)N3CCNCC3c3cccnc3)cc(Cl)c2O1. The van der Waals surface area contributed by atoms with Crippen LogP contribution in [0.4, 0.5) is 0 Å². The van der Waals surface area contributed by atoms with Gasteiger partial charge in [0.1, 0.15) is 11.9 Å². The number of sulfonamides is 1. The molecular formula is C18H20ClN3O3S. The van der Waals surface area contributed by atoms with E-state index in [1.54, 1.807) is 18.5 Å². The number of hydrogen-bond acceptors (Lipinski definition) is 5. The second kappa shape index (κ2) is 6.81. The maximum absolute atomic E-state index is 13.4. The second-order valence-corrected chi connectivity index (χ2v) is 8.95. The Morgan fingerprint density at radius 2 is 2.23 bits per heavy atom. The van der Waals surface area contributed by atoms with Crippen molar-refractivity contribution in [3.05, 3.63) is 52.8 Å². The summed E-state index contributed by atoms with van der Waals surface area (Å²) in [6, 6.07) is 6.61. The molecule has 0 amide bonds. The zero-order valence-electron chi connectivity index (χ0n) is 14.4. The van der Waals surface area contributed by atoms with Crippen molar-refractivity contribution in [3.8, 4) is 5.75 Å². The topological polar surface area (TPSA) is 71.5 Å². The molecule has 0 radical (unpaired) electrons. The van der Waals surface area contributed by atoms with Crippen LogP contribution >= 0.6 is 11.6 Å². The molecule has 1 N–H and O–H groups in total. The van der Waals surface area contributed by atoms with E-state index in [0.717, 1.165) is 11.1 Å². The van der Waals surface area contributed by atoms with Crippen LogP contribution in [0, 0.1) is 0 Å². The first-order valence-electron chi connectivity index (χ1n) is 8.58. The number of rotatable bonds is 3. The van der Waals surface area contributed by atoms with Crippen molar-refractivity contribution in [1.82, 2.24) is 14.6 Å². The van der Waals surface area contributed by atoms with Gasteiger partial charge in [0.15, 0.2) is 0 Å². The van der Waals surface area contributed by atoms with Gasteiger partial charge in [0.05, 0.1) is 16.0 Å². The molecule has 1 aromatic heterocycles. The molecular weight excluding hydrogens is 374 g/mol. The van der Waals surface area contributed by atoms with E-state index in [4.69, 9.17) is 16.3 Å². The summed E-state index contributed by atoms with van der Waals surface area (Å²) in [6.45, 7) is 3.49. The molecule has 8 heteroatoms. The Hall–Kier alpha value is -1.67. The Morgan fingerprint density at radius 3 is 3.00 bits per heavy atom. The van der Waals surface area contributed by atoms with Gasteiger partial charge in [-0.1, -0.05) is 17.7 Å². The third-order valence-corrected chi connectivity index (χ3v) is 6.96. The van der Waals surface area contributed by atoms with E-state index in [9.17, 15) is 8.42 Å². The van der Waals surface area contributed by atoms with Gasteiger partial charge in [0.25, 0.3) is 0 Å². The molecule has 2 aliphatic rings. The van der Waals surface area contributed by atoms with Crippen molar-refractivity contribution in [2.45, 2.75) is 30.4 Å². The van der Waals surface area contributed by atoms with Gasteiger partial charge in [-0.05, 0) is 30.7 Å². The number of halogens is 1. The normalized spacial score (nSPS) is 23.5. The standard InChI is InChI=1S/C18H20ClN3O3S/c1-12-7-14-8-15(9-16(19)18(14)25-12)26(23,24)22-6-5-21-11-17(22)13-3-2-4-20-10-13/h2-4,8-10,12,17,21H,5-7,11H2,1H3. The van der Waals surface area contributed by atoms with Crippen molar-refractivity contribution >= 4 is 21.6 Å². The van der Waals surface area contributed by atoms with Crippen LogP contribution in [0.1, 0.15) is 24.1 Å². The molecule has 0 spiro atoms. The van der Waals surface area contributed by atoms with E-state index in [2.05, 4.69) is 10.3 Å². The first kappa shape index (κ1) is 17.7. The van der Waals surface area contributed by atoms with Gasteiger partial charge in [0.2, 0.25) is 10.0 Å². The lowest BCUT2D eigenvalue weighted by molar-refractivity contribution is 0.255. The summed E-state index contributed by atoms with van der Waals surface area (Å²) in [5.41, 5.74) is 1.71. The third-order valence-electron chi connectivity index (χ3n) is 4.79. The lowest BCUT2D eigenvalue weighted by Crippen LogP contribution is -2.48. The lowest BCUT2D eigenvalue weighted by atomic mass is 10.1. The number of hydrogen-bond donors (Lipinski definition) is 1. The predicted octanol–water partition coefficient (Wildman–Crippen LogP) is 2.39. The van der Waals surface area contributed by atoms with Gasteiger partial charge in [-0.3, -0.25) is 4.98 Å². The van der Waals surface area contributed by atoms with E-state index >= 15 is 0 Å². The number of benzene rings is 1. The fourth-order valence-electron chi connectivity index (χ4n) is 3.57. The largest absolute Gasteiger partial charge is 0.489 e. The number of pyridine rings is 1. The van der Waals surface area contributed by atoms with E-state index in [1.807, 2.05) is 19.1 Å². The number of fused-ring (bicyclic) bond motifs is 1. The number of aromatic nitrogens is 1. The molecule has 3 heterocycles. The first-order valence-corrected chi connectivity index (χ1v) is 10.4. The molecule has 0 aliphatic carbocycles. The summed E-state index contributed by atoms with van der Waals surface area (Å²) in [6.07, 6.45) is 4.06. The molecule has 1 aromatic carbocycles. The fraction of sp³-hybridized carbons (Fsp3) is 0.389. The van der Waals surface area contributed by atoms with Gasteiger partial charge < -0.3 is 10.1 Å². The van der Waals surface area contributed by atoms with Crippen molar-refractivity contribution < 1.29 is 13.2 Å². The maximum Gasteiger partial charge on any atom is 0.243 e. The number of nitrogens with zero attached hydrogens (tertiary/aromatic N) is 2. The fourth-order valence-corrected chi connectivity index (χ4v) is 5.61. The van der Waals surface area contributed by atoms with Crippen molar-refractivity contribution in [1.29, 1.82) is 0 Å². The van der Waals surface area contributed by atoms with Crippen molar-refractivity contribution in [2.24, 2.45) is 0 Å². The van der Waals surface area contributed by atoms with Crippen LogP contribution in [-0.2, 0) is 16.4 Å². The van der Waals surface area contributed by atoms with Crippen molar-refractivity contribution in [2.75, 3.05) is 19.6 Å². The Morgan fingerprint density at radius 1 is 1.38 bits per heavy atom. The number of piperazine rings is 1. The minimum atomic E-state index is -3.70. The molecule has 1 saturated heterocycles. The molecule has 2 atom stereocenters. The molecule has 138 valence electrons. The van der Waals surface area contributed by atoms with Gasteiger partial charge >= 0.3 is 0 Å². The molecule has 2 aromatic rings. The quantitative estimate of drug-likeness (QED) is 0.866. The first-order chi connectivity index (χ1) is 12.5. The minimum absolute atomic E-state index is 0.00258. The van der Waals surface area contributed by atoms with Crippen LogP contribution in [0.15, 0.2) is 41.6 Å². The Labute approximate surface area is 158 Å². The highest BCUT2D eigenvalue weighted by molar-refractivity contribution is 7.89. The highest BCUT2D eigenvalue weighted by Crippen LogP contribution is 2.39. The summed E-state index contributed by atoms with van der Waals surface area (Å²) >= 11 is 6.31. The third kappa shape index (κ3) is 3.09. The molecule has 0 bridgehead atoms. The summed E-state index contributed by atoms with van der Waals surface area (Å²) in [4.78, 5) is 4.35. The van der Waals surface area contributed by atoms with Gasteiger partial charge in [-0.15, -0.1) is 0 Å². The zero-order valence-corrected chi connectivity index (χ0v) is 15.9. The lowest BCUT2D eigenvalue weighted by Gasteiger charge is -2.35. The van der Waals surface area contributed by atoms with Gasteiger partial charge in [-0.25, -0.2) is 8.42 Å². The molecule has 2 aliphatic heterocycles. The maximum atomic E-state index is 13.4. The monoisotopic (exact) mass is 393 g/mol. The smallest absolute Gasteiger partial charge is 0.243 e. The second-order valence-electron chi connectivity index (χ2n) is 6.65. The van der Waals surface area contributed by atoms with Gasteiger partial charge in [-0.2, -0.15) is 4.31 Å². The summed E-state index contributed by atoms with van der Waals surface area (Å²) < 4.78 is 34.0. The van der Waals surface area contributed by atoms with Crippen LogP contribution in [-0.4, -0.2) is 43.4 Å². The number of nitrogens with one attached hydrogen (secondary N) is 1. The average molecular weight is 394 g/mol. The Bertz CT molecular complexity index is 921. The van der Waals surface area contributed by atoms with Crippen LogP contribution < -0.4 is 10.1 Å². The summed E-state index contributed by atoms with van der Waals surface area (Å²) in [5.74, 6) is 0.599. The Kier molecular flexibility index (Phi) is 4.64. The molecule has 26 heavy (non-hydrogen) atoms. The molecule has 1 fully saturated rings. The van der Waals surface area contributed by atoms with Crippen molar-refractivity contribution in [3.63, 3.8) is 0 Å². The van der Waals surface area contributed by atoms with Crippen LogP contribution in [0.5, 0.6) is 5.75 Å². The highest BCUT2D eigenvalue weighted by atomic mass is 35.5. The molecule has 4 rings (SSSR count). The minimum Gasteiger partial charge on any atom is -0.489 e. The molecule has 0 saturated carbocycles.